The molecule has 2 aromatic rings. The van der Waals surface area contributed by atoms with E-state index in [4.69, 9.17) is 0 Å². The lowest BCUT2D eigenvalue weighted by Gasteiger charge is -2.32. The highest BCUT2D eigenvalue weighted by atomic mass is 15.0. The van der Waals surface area contributed by atoms with Crippen molar-refractivity contribution in [1.29, 1.82) is 0 Å². The smallest absolute Gasteiger partial charge is 0.0346 e. The lowest BCUT2D eigenvalue weighted by Crippen LogP contribution is -2.43. The Bertz CT molecular complexity index is 521. The number of nitrogens with zero attached hydrogens (tertiary/aromatic N) is 1. The maximum atomic E-state index is 4.15. The summed E-state index contributed by atoms with van der Waals surface area (Å²) in [7, 11) is 0. The van der Waals surface area contributed by atoms with E-state index in [1.54, 1.807) is 0 Å². The molecule has 2 rings (SSSR count). The van der Waals surface area contributed by atoms with E-state index in [9.17, 15) is 0 Å². The SMILES string of the molecule is CCC(CC)(CC)NCc1ccc2cnccc2c1. The van der Waals surface area contributed by atoms with Crippen molar-refractivity contribution in [2.24, 2.45) is 0 Å². The van der Waals surface area contributed by atoms with Gasteiger partial charge in [-0.3, -0.25) is 4.98 Å². The van der Waals surface area contributed by atoms with Gasteiger partial charge in [-0.15, -0.1) is 0 Å². The molecule has 0 amide bonds. The van der Waals surface area contributed by atoms with Gasteiger partial charge < -0.3 is 5.32 Å². The summed E-state index contributed by atoms with van der Waals surface area (Å²) in [4.78, 5) is 4.15. The monoisotopic (exact) mass is 256 g/mol. The summed E-state index contributed by atoms with van der Waals surface area (Å²) in [6.45, 7) is 7.75. The number of hydrogen-bond acceptors (Lipinski definition) is 2. The van der Waals surface area contributed by atoms with Crippen LogP contribution in [0.5, 0.6) is 0 Å². The van der Waals surface area contributed by atoms with E-state index in [2.05, 4.69) is 55.3 Å². The minimum Gasteiger partial charge on any atom is -0.307 e. The molecule has 1 aromatic heterocycles. The molecule has 0 fully saturated rings. The van der Waals surface area contributed by atoms with Crippen LogP contribution in [0.2, 0.25) is 0 Å². The second kappa shape index (κ2) is 6.16. The standard InChI is InChI=1S/C17H24N2/c1-4-17(5-2,6-3)19-12-14-7-8-16-13-18-10-9-15(16)11-14/h7-11,13,19H,4-6,12H2,1-3H3. The lowest BCUT2D eigenvalue weighted by molar-refractivity contribution is 0.288. The highest BCUT2D eigenvalue weighted by Crippen LogP contribution is 2.21. The van der Waals surface area contributed by atoms with E-state index in [0.29, 0.717) is 0 Å². The van der Waals surface area contributed by atoms with E-state index in [0.717, 1.165) is 6.54 Å². The van der Waals surface area contributed by atoms with E-state index >= 15 is 0 Å². The molecule has 0 aliphatic heterocycles. The summed E-state index contributed by atoms with van der Waals surface area (Å²) in [6, 6.07) is 8.69. The van der Waals surface area contributed by atoms with Crippen LogP contribution in [0, 0.1) is 0 Å². The van der Waals surface area contributed by atoms with Crippen LogP contribution in [0.3, 0.4) is 0 Å². The predicted molar refractivity (Wildman–Crippen MR) is 82.2 cm³/mol. The van der Waals surface area contributed by atoms with Gasteiger partial charge in [0.2, 0.25) is 0 Å². The molecule has 1 heterocycles. The Morgan fingerprint density at radius 1 is 1.00 bits per heavy atom. The molecule has 2 heteroatoms. The second-order valence-corrected chi connectivity index (χ2v) is 5.25. The van der Waals surface area contributed by atoms with Crippen molar-refractivity contribution in [3.8, 4) is 0 Å². The fraction of sp³-hybridized carbons (Fsp3) is 0.471. The van der Waals surface area contributed by atoms with Gasteiger partial charge in [-0.1, -0.05) is 32.9 Å². The van der Waals surface area contributed by atoms with E-state index in [-0.39, 0.29) is 5.54 Å². The molecule has 0 unspecified atom stereocenters. The van der Waals surface area contributed by atoms with Crippen molar-refractivity contribution >= 4 is 10.8 Å². The van der Waals surface area contributed by atoms with Crippen LogP contribution in [0.25, 0.3) is 10.8 Å². The third-order valence-electron chi connectivity index (χ3n) is 4.40. The number of hydrogen-bond donors (Lipinski definition) is 1. The van der Waals surface area contributed by atoms with Gasteiger partial charge in [0.15, 0.2) is 0 Å². The fourth-order valence-electron chi connectivity index (χ4n) is 2.66. The molecule has 0 radical (unpaired) electrons. The number of benzene rings is 1. The van der Waals surface area contributed by atoms with Crippen molar-refractivity contribution in [2.45, 2.75) is 52.1 Å². The predicted octanol–water partition coefficient (Wildman–Crippen LogP) is 4.29. The van der Waals surface area contributed by atoms with Crippen LogP contribution in [0.15, 0.2) is 36.7 Å². The maximum absolute atomic E-state index is 4.15. The second-order valence-electron chi connectivity index (χ2n) is 5.25. The number of aromatic nitrogens is 1. The molecule has 0 saturated carbocycles. The third kappa shape index (κ3) is 3.13. The zero-order valence-corrected chi connectivity index (χ0v) is 12.2. The number of nitrogens with one attached hydrogen (secondary N) is 1. The van der Waals surface area contributed by atoms with Gasteiger partial charge in [0, 0.05) is 29.9 Å². The van der Waals surface area contributed by atoms with Crippen LogP contribution in [0.1, 0.15) is 45.6 Å². The normalized spacial score (nSPS) is 11.9. The first-order valence-electron chi connectivity index (χ1n) is 7.30. The molecule has 0 atom stereocenters. The van der Waals surface area contributed by atoms with Crippen LogP contribution in [-0.4, -0.2) is 10.5 Å². The van der Waals surface area contributed by atoms with Crippen LogP contribution in [-0.2, 0) is 6.54 Å². The summed E-state index contributed by atoms with van der Waals surface area (Å²) in [5.74, 6) is 0. The number of fused-ring (bicyclic) bond motifs is 1. The van der Waals surface area contributed by atoms with Gasteiger partial charge in [0.1, 0.15) is 0 Å². The van der Waals surface area contributed by atoms with Gasteiger partial charge in [0.25, 0.3) is 0 Å². The highest BCUT2D eigenvalue weighted by Gasteiger charge is 2.22. The minimum absolute atomic E-state index is 0.285. The Morgan fingerprint density at radius 3 is 2.42 bits per heavy atom. The van der Waals surface area contributed by atoms with Crippen LogP contribution >= 0.6 is 0 Å². The van der Waals surface area contributed by atoms with Crippen molar-refractivity contribution in [3.05, 3.63) is 42.2 Å². The summed E-state index contributed by atoms with van der Waals surface area (Å²) in [5, 5.41) is 6.22. The third-order valence-corrected chi connectivity index (χ3v) is 4.40. The summed E-state index contributed by atoms with van der Waals surface area (Å²) < 4.78 is 0. The first-order valence-corrected chi connectivity index (χ1v) is 7.30. The molecular formula is C17H24N2. The average molecular weight is 256 g/mol. The van der Waals surface area contributed by atoms with Crippen LogP contribution < -0.4 is 5.32 Å². The van der Waals surface area contributed by atoms with Crippen molar-refractivity contribution < 1.29 is 0 Å². The zero-order valence-electron chi connectivity index (χ0n) is 12.2. The number of pyridine rings is 1. The molecular weight excluding hydrogens is 232 g/mol. The first-order chi connectivity index (χ1) is 9.23. The van der Waals surface area contributed by atoms with E-state index in [1.807, 2.05) is 12.4 Å². The summed E-state index contributed by atoms with van der Waals surface area (Å²) in [5.41, 5.74) is 1.63. The van der Waals surface area contributed by atoms with Crippen molar-refractivity contribution in [1.82, 2.24) is 10.3 Å². The molecule has 1 aromatic carbocycles. The van der Waals surface area contributed by atoms with Crippen LogP contribution in [0.4, 0.5) is 0 Å². The summed E-state index contributed by atoms with van der Waals surface area (Å²) >= 11 is 0. The highest BCUT2D eigenvalue weighted by molar-refractivity contribution is 5.81. The molecule has 0 bridgehead atoms. The number of rotatable bonds is 6. The fourth-order valence-corrected chi connectivity index (χ4v) is 2.66. The Morgan fingerprint density at radius 2 is 1.74 bits per heavy atom. The zero-order chi connectivity index (χ0) is 13.7. The Hall–Kier alpha value is -1.41. The Labute approximate surface area is 116 Å². The minimum atomic E-state index is 0.285. The van der Waals surface area contributed by atoms with Gasteiger partial charge >= 0.3 is 0 Å². The van der Waals surface area contributed by atoms with E-state index in [1.165, 1.54) is 35.6 Å². The van der Waals surface area contributed by atoms with Crippen molar-refractivity contribution in [3.63, 3.8) is 0 Å². The topological polar surface area (TPSA) is 24.9 Å². The van der Waals surface area contributed by atoms with Gasteiger partial charge in [-0.25, -0.2) is 0 Å². The van der Waals surface area contributed by atoms with Gasteiger partial charge in [0.05, 0.1) is 0 Å². The van der Waals surface area contributed by atoms with Crippen molar-refractivity contribution in [2.75, 3.05) is 0 Å². The molecule has 1 N–H and O–H groups in total. The molecule has 2 nitrogen and oxygen atoms in total. The molecule has 0 saturated heterocycles. The summed E-state index contributed by atoms with van der Waals surface area (Å²) in [6.07, 6.45) is 7.31. The molecule has 0 aliphatic carbocycles. The van der Waals surface area contributed by atoms with E-state index < -0.39 is 0 Å². The molecule has 19 heavy (non-hydrogen) atoms. The largest absolute Gasteiger partial charge is 0.307 e. The first kappa shape index (κ1) is 14.0. The molecule has 0 spiro atoms. The maximum Gasteiger partial charge on any atom is 0.0346 e. The quantitative estimate of drug-likeness (QED) is 0.833. The Kier molecular flexibility index (Phi) is 4.54. The van der Waals surface area contributed by atoms with Gasteiger partial charge in [-0.2, -0.15) is 0 Å². The van der Waals surface area contributed by atoms with Gasteiger partial charge in [-0.05, 0) is 42.3 Å². The average Bonchev–Trinajstić information content (AvgIpc) is 2.49. The molecule has 102 valence electrons. The molecule has 0 aliphatic rings. The Balaban J connectivity index is 2.13. The lowest BCUT2D eigenvalue weighted by atomic mass is 9.89.